The van der Waals surface area contributed by atoms with E-state index in [1.165, 1.54) is 4.57 Å². The maximum absolute atomic E-state index is 14.1. The second-order valence-corrected chi connectivity index (χ2v) is 5.53. The summed E-state index contributed by atoms with van der Waals surface area (Å²) < 4.78 is 40.5. The Labute approximate surface area is 140 Å². The van der Waals surface area contributed by atoms with E-state index in [1.807, 2.05) is 0 Å². The number of fused-ring (bicyclic) bond motifs is 1. The largest absolute Gasteiger partial charge is 0.486 e. The molecule has 0 spiro atoms. The molecule has 1 N–H and O–H groups in total. The fourth-order valence-corrected chi connectivity index (χ4v) is 2.79. The van der Waals surface area contributed by atoms with Crippen molar-refractivity contribution in [1.82, 2.24) is 14.8 Å². The molecule has 4 rings (SSSR count). The summed E-state index contributed by atoms with van der Waals surface area (Å²) in [4.78, 5) is 0. The highest BCUT2D eigenvalue weighted by atomic mass is 32.1. The Morgan fingerprint density at radius 3 is 2.67 bits per heavy atom. The Hall–Kier alpha value is -2.74. The second-order valence-electron chi connectivity index (χ2n) is 5.14. The van der Waals surface area contributed by atoms with Crippen molar-refractivity contribution < 1.29 is 18.3 Å². The SMILES string of the molecule is Fc1ccc(F)c(-c2n[nH]c(=S)n2-c2ccc3c(c2)OCCO3)c1. The van der Waals surface area contributed by atoms with Crippen LogP contribution in [0.4, 0.5) is 8.78 Å². The number of halogens is 2. The molecule has 0 unspecified atom stereocenters. The lowest BCUT2D eigenvalue weighted by atomic mass is 10.2. The molecule has 122 valence electrons. The average molecular weight is 347 g/mol. The van der Waals surface area contributed by atoms with Gasteiger partial charge in [0.15, 0.2) is 22.1 Å². The van der Waals surface area contributed by atoms with E-state index >= 15 is 0 Å². The maximum atomic E-state index is 14.1. The van der Waals surface area contributed by atoms with E-state index in [0.29, 0.717) is 30.4 Å². The molecule has 0 fully saturated rings. The third kappa shape index (κ3) is 2.44. The van der Waals surface area contributed by atoms with E-state index < -0.39 is 11.6 Å². The van der Waals surface area contributed by atoms with Gasteiger partial charge in [-0.15, -0.1) is 0 Å². The number of aromatic amines is 1. The maximum Gasteiger partial charge on any atom is 0.200 e. The van der Waals surface area contributed by atoms with Crippen molar-refractivity contribution in [2.75, 3.05) is 13.2 Å². The summed E-state index contributed by atoms with van der Waals surface area (Å²) in [5.74, 6) is 0.206. The highest BCUT2D eigenvalue weighted by Gasteiger charge is 2.18. The van der Waals surface area contributed by atoms with Crippen molar-refractivity contribution in [2.45, 2.75) is 0 Å². The Bertz CT molecular complexity index is 984. The van der Waals surface area contributed by atoms with Gasteiger partial charge in [0.05, 0.1) is 11.3 Å². The summed E-state index contributed by atoms with van der Waals surface area (Å²) in [6.07, 6.45) is 0. The Morgan fingerprint density at radius 2 is 1.83 bits per heavy atom. The van der Waals surface area contributed by atoms with Gasteiger partial charge < -0.3 is 9.47 Å². The van der Waals surface area contributed by atoms with Crippen molar-refractivity contribution in [3.05, 3.63) is 52.8 Å². The number of rotatable bonds is 2. The van der Waals surface area contributed by atoms with E-state index in [-0.39, 0.29) is 16.2 Å². The topological polar surface area (TPSA) is 52.1 Å². The first-order chi connectivity index (χ1) is 11.6. The van der Waals surface area contributed by atoms with Gasteiger partial charge in [-0.2, -0.15) is 5.10 Å². The number of hydrogen-bond donors (Lipinski definition) is 1. The number of hydrogen-bond acceptors (Lipinski definition) is 4. The van der Waals surface area contributed by atoms with Crippen molar-refractivity contribution in [3.8, 4) is 28.6 Å². The molecular weight excluding hydrogens is 336 g/mol. The molecule has 1 aromatic heterocycles. The van der Waals surface area contributed by atoms with Crippen molar-refractivity contribution in [2.24, 2.45) is 0 Å². The normalized spacial score (nSPS) is 13.1. The number of nitrogens with one attached hydrogen (secondary N) is 1. The zero-order valence-electron chi connectivity index (χ0n) is 12.3. The Morgan fingerprint density at radius 1 is 1.04 bits per heavy atom. The van der Waals surface area contributed by atoms with Crippen LogP contribution in [-0.4, -0.2) is 28.0 Å². The zero-order valence-corrected chi connectivity index (χ0v) is 13.1. The molecule has 2 heterocycles. The molecule has 24 heavy (non-hydrogen) atoms. The number of ether oxygens (including phenoxy) is 2. The van der Waals surface area contributed by atoms with E-state index in [0.717, 1.165) is 18.2 Å². The van der Waals surface area contributed by atoms with Crippen molar-refractivity contribution >= 4 is 12.2 Å². The van der Waals surface area contributed by atoms with Gasteiger partial charge in [-0.25, -0.2) is 8.78 Å². The van der Waals surface area contributed by atoms with Crippen LogP contribution in [-0.2, 0) is 0 Å². The molecule has 0 radical (unpaired) electrons. The van der Waals surface area contributed by atoms with E-state index in [1.54, 1.807) is 18.2 Å². The molecule has 1 aliphatic heterocycles. The molecule has 8 heteroatoms. The van der Waals surface area contributed by atoms with Gasteiger partial charge in [0.2, 0.25) is 0 Å². The Balaban J connectivity index is 1.89. The van der Waals surface area contributed by atoms with Crippen LogP contribution in [0.2, 0.25) is 0 Å². The predicted molar refractivity (Wildman–Crippen MR) is 85.1 cm³/mol. The summed E-state index contributed by atoms with van der Waals surface area (Å²) >= 11 is 5.24. The molecule has 1 aliphatic rings. The lowest BCUT2D eigenvalue weighted by Gasteiger charge is -2.19. The lowest BCUT2D eigenvalue weighted by molar-refractivity contribution is 0.171. The van der Waals surface area contributed by atoms with Crippen LogP contribution >= 0.6 is 12.2 Å². The molecule has 2 aromatic carbocycles. The van der Waals surface area contributed by atoms with Crippen LogP contribution in [0.5, 0.6) is 11.5 Å². The van der Waals surface area contributed by atoms with Gasteiger partial charge >= 0.3 is 0 Å². The molecule has 3 aromatic rings. The summed E-state index contributed by atoms with van der Waals surface area (Å²) in [6, 6.07) is 8.39. The highest BCUT2D eigenvalue weighted by molar-refractivity contribution is 7.71. The quantitative estimate of drug-likeness (QED) is 0.719. The fraction of sp³-hybridized carbons (Fsp3) is 0.125. The second kappa shape index (κ2) is 5.72. The lowest BCUT2D eigenvalue weighted by Crippen LogP contribution is -2.15. The van der Waals surface area contributed by atoms with Gasteiger partial charge in [-0.05, 0) is 42.5 Å². The van der Waals surface area contributed by atoms with Crippen LogP contribution < -0.4 is 9.47 Å². The standard InChI is InChI=1S/C16H11F2N3O2S/c17-9-1-3-12(18)11(7-9)15-19-20-16(24)21(15)10-2-4-13-14(8-10)23-6-5-22-13/h1-4,7-8H,5-6H2,(H,20,24). The average Bonchev–Trinajstić information content (AvgIpc) is 2.98. The van der Waals surface area contributed by atoms with Crippen LogP contribution in [0, 0.1) is 16.4 Å². The van der Waals surface area contributed by atoms with E-state index in [4.69, 9.17) is 21.7 Å². The minimum Gasteiger partial charge on any atom is -0.486 e. The minimum atomic E-state index is -0.593. The number of nitrogens with zero attached hydrogens (tertiary/aromatic N) is 2. The molecule has 0 bridgehead atoms. The van der Waals surface area contributed by atoms with Gasteiger partial charge in [-0.3, -0.25) is 9.67 Å². The van der Waals surface area contributed by atoms with Crippen LogP contribution in [0.15, 0.2) is 36.4 Å². The summed E-state index contributed by atoms with van der Waals surface area (Å²) in [7, 11) is 0. The minimum absolute atomic E-state index is 0.0113. The monoisotopic (exact) mass is 347 g/mol. The van der Waals surface area contributed by atoms with Crippen molar-refractivity contribution in [3.63, 3.8) is 0 Å². The third-order valence-corrected chi connectivity index (χ3v) is 3.90. The zero-order chi connectivity index (χ0) is 16.7. The van der Waals surface area contributed by atoms with Gasteiger partial charge in [0, 0.05) is 6.07 Å². The first-order valence-electron chi connectivity index (χ1n) is 7.16. The fourth-order valence-electron chi connectivity index (χ4n) is 2.56. The van der Waals surface area contributed by atoms with Gasteiger partial charge in [-0.1, -0.05) is 0 Å². The molecular formula is C16H11F2N3O2S. The third-order valence-electron chi connectivity index (χ3n) is 3.63. The number of H-pyrrole nitrogens is 1. The van der Waals surface area contributed by atoms with E-state index in [2.05, 4.69) is 10.2 Å². The summed E-state index contributed by atoms with van der Waals surface area (Å²) in [5.41, 5.74) is 0.619. The molecule has 0 aliphatic carbocycles. The van der Waals surface area contributed by atoms with Gasteiger partial charge in [0.25, 0.3) is 0 Å². The number of benzene rings is 2. The smallest absolute Gasteiger partial charge is 0.200 e. The summed E-state index contributed by atoms with van der Waals surface area (Å²) in [5, 5.41) is 6.66. The summed E-state index contributed by atoms with van der Waals surface area (Å²) in [6.45, 7) is 0.926. The first kappa shape index (κ1) is 14.8. The van der Waals surface area contributed by atoms with Crippen molar-refractivity contribution in [1.29, 1.82) is 0 Å². The predicted octanol–water partition coefficient (Wildman–Crippen LogP) is 3.65. The molecule has 5 nitrogen and oxygen atoms in total. The molecule has 0 atom stereocenters. The number of aromatic nitrogens is 3. The van der Waals surface area contributed by atoms with Crippen LogP contribution in [0.3, 0.4) is 0 Å². The van der Waals surface area contributed by atoms with Crippen LogP contribution in [0.1, 0.15) is 0 Å². The first-order valence-corrected chi connectivity index (χ1v) is 7.57. The molecule has 0 saturated carbocycles. The Kier molecular flexibility index (Phi) is 3.53. The van der Waals surface area contributed by atoms with E-state index in [9.17, 15) is 8.78 Å². The highest BCUT2D eigenvalue weighted by Crippen LogP contribution is 2.33. The molecule has 0 amide bonds. The van der Waals surface area contributed by atoms with Crippen LogP contribution in [0.25, 0.3) is 17.1 Å². The molecule has 0 saturated heterocycles. The van der Waals surface area contributed by atoms with Gasteiger partial charge in [0.1, 0.15) is 24.8 Å².